The summed E-state index contributed by atoms with van der Waals surface area (Å²) >= 11 is 0. The van der Waals surface area contributed by atoms with Gasteiger partial charge in [-0.3, -0.25) is 0 Å². The van der Waals surface area contributed by atoms with Crippen LogP contribution in [-0.4, -0.2) is 36.4 Å². The van der Waals surface area contributed by atoms with Crippen LogP contribution in [-0.2, 0) is 0 Å². The van der Waals surface area contributed by atoms with Crippen LogP contribution in [0.2, 0.25) is 0 Å². The number of aliphatic hydroxyl groups is 1. The molecule has 0 fully saturated rings. The van der Waals surface area contributed by atoms with Gasteiger partial charge in [0, 0.05) is 6.54 Å². The van der Waals surface area contributed by atoms with E-state index >= 15 is 0 Å². The van der Waals surface area contributed by atoms with Crippen molar-refractivity contribution in [3.63, 3.8) is 0 Å². The molecule has 1 aromatic rings. The highest BCUT2D eigenvalue weighted by Crippen LogP contribution is 1.96. The first kappa shape index (κ1) is 12.6. The van der Waals surface area contributed by atoms with Crippen LogP contribution in [0.5, 0.6) is 0 Å². The number of benzene rings is 1. The normalized spacial score (nSPS) is 8.71. The second kappa shape index (κ2) is 8.22. The summed E-state index contributed by atoms with van der Waals surface area (Å²) in [7, 11) is 1.80. The molecule has 0 aliphatic carbocycles. The molecule has 3 N–H and O–H groups in total. The van der Waals surface area contributed by atoms with E-state index in [0.29, 0.717) is 12.1 Å². The number of carboxylic acid groups (broad SMARTS) is 1. The lowest BCUT2D eigenvalue weighted by Crippen LogP contribution is -2.10. The van der Waals surface area contributed by atoms with Crippen molar-refractivity contribution in [3.05, 3.63) is 35.9 Å². The van der Waals surface area contributed by atoms with E-state index in [9.17, 15) is 4.79 Å². The molecule has 0 aromatic heterocycles. The Hall–Kier alpha value is -1.39. The van der Waals surface area contributed by atoms with E-state index in [1.807, 2.05) is 0 Å². The molecule has 0 aliphatic rings. The molecule has 1 rings (SSSR count). The minimum absolute atomic E-state index is 0.233. The topological polar surface area (TPSA) is 69.6 Å². The second-order valence-electron chi connectivity index (χ2n) is 2.50. The lowest BCUT2D eigenvalue weighted by Gasteiger charge is -1.88. The van der Waals surface area contributed by atoms with E-state index in [1.165, 1.54) is 0 Å². The van der Waals surface area contributed by atoms with Crippen LogP contribution < -0.4 is 5.32 Å². The molecule has 78 valence electrons. The van der Waals surface area contributed by atoms with Gasteiger partial charge in [-0.15, -0.1) is 0 Å². The Balaban J connectivity index is 0.000000292. The fourth-order valence-corrected chi connectivity index (χ4v) is 0.693. The van der Waals surface area contributed by atoms with Crippen LogP contribution in [0.15, 0.2) is 30.3 Å². The van der Waals surface area contributed by atoms with Crippen LogP contribution in [0.3, 0.4) is 0 Å². The molecule has 0 saturated carbocycles. The van der Waals surface area contributed by atoms with E-state index in [1.54, 1.807) is 37.4 Å². The average Bonchev–Trinajstić information content (AvgIpc) is 2.21. The Kier molecular flexibility index (Phi) is 7.40. The van der Waals surface area contributed by atoms with Gasteiger partial charge in [0.25, 0.3) is 0 Å². The highest BCUT2D eigenvalue weighted by atomic mass is 16.4. The van der Waals surface area contributed by atoms with Gasteiger partial charge < -0.3 is 15.5 Å². The predicted octanol–water partition coefficient (Wildman–Crippen LogP) is 0.583. The first-order valence-corrected chi connectivity index (χ1v) is 4.26. The second-order valence-corrected chi connectivity index (χ2v) is 2.50. The van der Waals surface area contributed by atoms with Crippen molar-refractivity contribution in [1.29, 1.82) is 0 Å². The van der Waals surface area contributed by atoms with Crippen molar-refractivity contribution >= 4 is 5.97 Å². The fraction of sp³-hybridized carbons (Fsp3) is 0.300. The Bertz CT molecular complexity index is 247. The smallest absolute Gasteiger partial charge is 0.335 e. The molecule has 14 heavy (non-hydrogen) atoms. The fourth-order valence-electron chi connectivity index (χ4n) is 0.693. The van der Waals surface area contributed by atoms with Crippen molar-refractivity contribution < 1.29 is 15.0 Å². The summed E-state index contributed by atoms with van der Waals surface area (Å²) in [6, 6.07) is 8.30. The minimum atomic E-state index is -0.879. The number of aliphatic hydroxyl groups excluding tert-OH is 1. The van der Waals surface area contributed by atoms with Gasteiger partial charge in [0.15, 0.2) is 0 Å². The van der Waals surface area contributed by atoms with E-state index in [2.05, 4.69) is 5.32 Å². The molecule has 0 amide bonds. The van der Waals surface area contributed by atoms with Crippen molar-refractivity contribution in [3.8, 4) is 0 Å². The molecule has 0 aliphatic heterocycles. The van der Waals surface area contributed by atoms with E-state index in [0.717, 1.165) is 0 Å². The summed E-state index contributed by atoms with van der Waals surface area (Å²) in [4.78, 5) is 10.2. The third kappa shape index (κ3) is 6.16. The Morgan fingerprint density at radius 1 is 1.36 bits per heavy atom. The first-order valence-electron chi connectivity index (χ1n) is 4.26. The predicted molar refractivity (Wildman–Crippen MR) is 54.4 cm³/mol. The number of rotatable bonds is 3. The molecule has 0 spiro atoms. The summed E-state index contributed by atoms with van der Waals surface area (Å²) in [5.41, 5.74) is 0.331. The standard InChI is InChI=1S/C7H6O2.C3H9NO/c8-7(9)6-4-2-1-3-5-6;1-4-2-3-5/h1-5H,(H,8,9);4-5H,2-3H2,1H3. The van der Waals surface area contributed by atoms with Crippen LogP contribution in [0.1, 0.15) is 10.4 Å². The first-order chi connectivity index (χ1) is 6.72. The number of carboxylic acids is 1. The van der Waals surface area contributed by atoms with Crippen molar-refractivity contribution in [2.75, 3.05) is 20.2 Å². The number of aromatic carboxylic acids is 1. The zero-order valence-electron chi connectivity index (χ0n) is 8.10. The molecule has 4 heteroatoms. The minimum Gasteiger partial charge on any atom is -0.478 e. The van der Waals surface area contributed by atoms with Gasteiger partial charge in [-0.1, -0.05) is 18.2 Å². The van der Waals surface area contributed by atoms with Gasteiger partial charge in [0.1, 0.15) is 0 Å². The van der Waals surface area contributed by atoms with Crippen LogP contribution in [0, 0.1) is 0 Å². The monoisotopic (exact) mass is 197 g/mol. The molecule has 0 saturated heterocycles. The largest absolute Gasteiger partial charge is 0.478 e. The summed E-state index contributed by atoms with van der Waals surface area (Å²) in [6.45, 7) is 0.927. The number of hydrogen-bond donors (Lipinski definition) is 3. The molecule has 0 heterocycles. The maximum absolute atomic E-state index is 10.2. The van der Waals surface area contributed by atoms with Crippen LogP contribution in [0.25, 0.3) is 0 Å². The summed E-state index contributed by atoms with van der Waals surface area (Å²) in [5.74, 6) is -0.879. The maximum atomic E-state index is 10.2. The lowest BCUT2D eigenvalue weighted by molar-refractivity contribution is 0.0697. The molecule has 0 bridgehead atoms. The summed E-state index contributed by atoms with van der Waals surface area (Å²) < 4.78 is 0. The number of likely N-dealkylation sites (N-methyl/N-ethyl adjacent to an activating group) is 1. The molecule has 0 atom stereocenters. The van der Waals surface area contributed by atoms with Gasteiger partial charge in [-0.25, -0.2) is 4.79 Å². The van der Waals surface area contributed by atoms with Crippen molar-refractivity contribution in [2.45, 2.75) is 0 Å². The maximum Gasteiger partial charge on any atom is 0.335 e. The van der Waals surface area contributed by atoms with E-state index < -0.39 is 5.97 Å². The van der Waals surface area contributed by atoms with Gasteiger partial charge >= 0.3 is 5.97 Å². The van der Waals surface area contributed by atoms with Gasteiger partial charge in [0.2, 0.25) is 0 Å². The van der Waals surface area contributed by atoms with Gasteiger partial charge in [0.05, 0.1) is 12.2 Å². The Labute approximate surface area is 83.2 Å². The summed E-state index contributed by atoms with van der Waals surface area (Å²) in [6.07, 6.45) is 0. The SMILES string of the molecule is CNCCO.O=C(O)c1ccccc1. The van der Waals surface area contributed by atoms with Crippen molar-refractivity contribution in [1.82, 2.24) is 5.32 Å². The molecule has 4 nitrogen and oxygen atoms in total. The van der Waals surface area contributed by atoms with Crippen LogP contribution in [0.4, 0.5) is 0 Å². The number of carbonyl (C=O) groups is 1. The molecule has 0 radical (unpaired) electrons. The lowest BCUT2D eigenvalue weighted by atomic mass is 10.2. The molecule has 0 unspecified atom stereocenters. The van der Waals surface area contributed by atoms with E-state index in [4.69, 9.17) is 10.2 Å². The Morgan fingerprint density at radius 3 is 2.14 bits per heavy atom. The highest BCUT2D eigenvalue weighted by molar-refractivity contribution is 5.87. The zero-order valence-corrected chi connectivity index (χ0v) is 8.10. The third-order valence-corrected chi connectivity index (χ3v) is 1.38. The molecular formula is C10H15NO3. The molecule has 1 aromatic carbocycles. The average molecular weight is 197 g/mol. The third-order valence-electron chi connectivity index (χ3n) is 1.38. The van der Waals surface area contributed by atoms with Gasteiger partial charge in [-0.05, 0) is 19.2 Å². The quantitative estimate of drug-likeness (QED) is 0.663. The Morgan fingerprint density at radius 2 is 1.93 bits per heavy atom. The van der Waals surface area contributed by atoms with Gasteiger partial charge in [-0.2, -0.15) is 0 Å². The van der Waals surface area contributed by atoms with Crippen LogP contribution >= 0.6 is 0 Å². The van der Waals surface area contributed by atoms with Crippen molar-refractivity contribution in [2.24, 2.45) is 0 Å². The highest BCUT2D eigenvalue weighted by Gasteiger charge is 1.96. The van der Waals surface area contributed by atoms with E-state index in [-0.39, 0.29) is 6.61 Å². The zero-order chi connectivity index (χ0) is 10.8. The number of hydrogen-bond acceptors (Lipinski definition) is 3. The molecular weight excluding hydrogens is 182 g/mol. The summed E-state index contributed by atoms with van der Waals surface area (Å²) in [5, 5.41) is 19.2. The number of nitrogens with one attached hydrogen (secondary N) is 1.